The van der Waals surface area contributed by atoms with Crippen LogP contribution in [0.4, 0.5) is 0 Å². The zero-order valence-corrected chi connectivity index (χ0v) is 16.1. The SMILES string of the molecule is CCNC(=O)COc1cccc(CN=C(NCC)NCCn2cccc2)c1. The molecule has 27 heavy (non-hydrogen) atoms. The molecule has 1 aromatic heterocycles. The Morgan fingerprint density at radius 2 is 1.85 bits per heavy atom. The first-order chi connectivity index (χ1) is 13.2. The van der Waals surface area contributed by atoms with Crippen LogP contribution in [0, 0.1) is 0 Å². The van der Waals surface area contributed by atoms with Crippen LogP contribution in [0.3, 0.4) is 0 Å². The average molecular weight is 371 g/mol. The number of benzene rings is 1. The van der Waals surface area contributed by atoms with Crippen molar-refractivity contribution in [1.29, 1.82) is 0 Å². The van der Waals surface area contributed by atoms with E-state index in [9.17, 15) is 4.79 Å². The standard InChI is InChI=1S/C20H29N5O2/c1-3-21-19(26)16-27-18-9-7-8-17(14-18)15-24-20(22-4-2)23-10-13-25-11-5-6-12-25/h5-9,11-12,14H,3-4,10,13,15-16H2,1-2H3,(H,21,26)(H2,22,23,24). The lowest BCUT2D eigenvalue weighted by Crippen LogP contribution is -2.38. The fourth-order valence-electron chi connectivity index (χ4n) is 2.47. The van der Waals surface area contributed by atoms with E-state index >= 15 is 0 Å². The molecule has 0 saturated carbocycles. The molecule has 0 radical (unpaired) electrons. The molecular weight excluding hydrogens is 342 g/mol. The number of guanidine groups is 1. The predicted molar refractivity (Wildman–Crippen MR) is 108 cm³/mol. The summed E-state index contributed by atoms with van der Waals surface area (Å²) in [6.07, 6.45) is 4.08. The van der Waals surface area contributed by atoms with Crippen LogP contribution in [-0.2, 0) is 17.9 Å². The normalized spacial score (nSPS) is 11.1. The first-order valence-electron chi connectivity index (χ1n) is 9.32. The highest BCUT2D eigenvalue weighted by Crippen LogP contribution is 2.14. The van der Waals surface area contributed by atoms with Crippen molar-refractivity contribution in [2.45, 2.75) is 26.9 Å². The van der Waals surface area contributed by atoms with Crippen molar-refractivity contribution in [2.24, 2.45) is 4.99 Å². The summed E-state index contributed by atoms with van der Waals surface area (Å²) in [5.74, 6) is 1.32. The fraction of sp³-hybridized carbons (Fsp3) is 0.400. The number of hydrogen-bond donors (Lipinski definition) is 3. The van der Waals surface area contributed by atoms with E-state index in [-0.39, 0.29) is 12.5 Å². The van der Waals surface area contributed by atoms with Crippen LogP contribution in [0.25, 0.3) is 0 Å². The molecule has 1 aromatic carbocycles. The monoisotopic (exact) mass is 371 g/mol. The molecule has 0 aliphatic carbocycles. The van der Waals surface area contributed by atoms with E-state index in [1.807, 2.05) is 62.6 Å². The van der Waals surface area contributed by atoms with Crippen molar-refractivity contribution in [1.82, 2.24) is 20.5 Å². The molecule has 0 bridgehead atoms. The molecule has 0 saturated heterocycles. The van der Waals surface area contributed by atoms with Gasteiger partial charge < -0.3 is 25.3 Å². The third kappa shape index (κ3) is 7.85. The number of ether oxygens (including phenoxy) is 1. The Labute approximate surface area is 160 Å². The zero-order valence-electron chi connectivity index (χ0n) is 16.1. The molecule has 146 valence electrons. The van der Waals surface area contributed by atoms with Crippen molar-refractivity contribution in [3.63, 3.8) is 0 Å². The topological polar surface area (TPSA) is 79.7 Å². The molecule has 1 heterocycles. The third-order valence-electron chi connectivity index (χ3n) is 3.73. The summed E-state index contributed by atoms with van der Waals surface area (Å²) in [6.45, 7) is 7.52. The summed E-state index contributed by atoms with van der Waals surface area (Å²) in [7, 11) is 0. The highest BCUT2D eigenvalue weighted by atomic mass is 16.5. The van der Waals surface area contributed by atoms with Gasteiger partial charge in [0.25, 0.3) is 5.91 Å². The fourth-order valence-corrected chi connectivity index (χ4v) is 2.47. The minimum absolute atomic E-state index is 0.0180. The van der Waals surface area contributed by atoms with Gasteiger partial charge in [-0.1, -0.05) is 12.1 Å². The molecule has 0 aliphatic rings. The van der Waals surface area contributed by atoms with Crippen LogP contribution < -0.4 is 20.7 Å². The molecule has 2 rings (SSSR count). The van der Waals surface area contributed by atoms with Crippen LogP contribution in [0.5, 0.6) is 5.75 Å². The molecular formula is C20H29N5O2. The number of nitrogens with zero attached hydrogens (tertiary/aromatic N) is 2. The van der Waals surface area contributed by atoms with Crippen LogP contribution in [0.1, 0.15) is 19.4 Å². The predicted octanol–water partition coefficient (Wildman–Crippen LogP) is 1.76. The Morgan fingerprint density at radius 1 is 1.07 bits per heavy atom. The van der Waals surface area contributed by atoms with Crippen molar-refractivity contribution in [2.75, 3.05) is 26.2 Å². The second-order valence-electron chi connectivity index (χ2n) is 5.93. The Morgan fingerprint density at radius 3 is 2.59 bits per heavy atom. The van der Waals surface area contributed by atoms with Gasteiger partial charge in [-0.25, -0.2) is 4.99 Å². The minimum Gasteiger partial charge on any atom is -0.484 e. The number of rotatable bonds is 10. The minimum atomic E-state index is -0.123. The van der Waals surface area contributed by atoms with Crippen molar-refractivity contribution in [3.8, 4) is 5.75 Å². The van der Waals surface area contributed by atoms with Crippen LogP contribution >= 0.6 is 0 Å². The Balaban J connectivity index is 1.86. The van der Waals surface area contributed by atoms with Gasteiger partial charge in [-0.15, -0.1) is 0 Å². The van der Waals surface area contributed by atoms with E-state index < -0.39 is 0 Å². The summed E-state index contributed by atoms with van der Waals surface area (Å²) >= 11 is 0. The lowest BCUT2D eigenvalue weighted by atomic mass is 10.2. The van der Waals surface area contributed by atoms with E-state index in [1.165, 1.54) is 0 Å². The smallest absolute Gasteiger partial charge is 0.257 e. The number of aromatic nitrogens is 1. The lowest BCUT2D eigenvalue weighted by Gasteiger charge is -2.12. The summed E-state index contributed by atoms with van der Waals surface area (Å²) < 4.78 is 7.64. The number of aliphatic imine (C=N–C) groups is 1. The molecule has 0 atom stereocenters. The molecule has 3 N–H and O–H groups in total. The third-order valence-corrected chi connectivity index (χ3v) is 3.73. The zero-order chi connectivity index (χ0) is 19.3. The molecule has 2 aromatic rings. The van der Waals surface area contributed by atoms with E-state index in [1.54, 1.807) is 0 Å². The number of likely N-dealkylation sites (N-methyl/N-ethyl adjacent to an activating group) is 1. The van der Waals surface area contributed by atoms with Gasteiger partial charge in [0.2, 0.25) is 0 Å². The number of nitrogens with one attached hydrogen (secondary N) is 3. The number of carbonyl (C=O) groups excluding carboxylic acids is 1. The number of amides is 1. The van der Waals surface area contributed by atoms with Crippen molar-refractivity contribution < 1.29 is 9.53 Å². The molecule has 7 nitrogen and oxygen atoms in total. The molecule has 0 unspecified atom stereocenters. The highest BCUT2D eigenvalue weighted by Gasteiger charge is 2.03. The van der Waals surface area contributed by atoms with Gasteiger partial charge in [0.1, 0.15) is 5.75 Å². The Hall–Kier alpha value is -2.96. The molecule has 0 aliphatic heterocycles. The van der Waals surface area contributed by atoms with Crippen LogP contribution in [0.15, 0.2) is 53.8 Å². The maximum absolute atomic E-state index is 11.5. The maximum atomic E-state index is 11.5. The summed E-state index contributed by atoms with van der Waals surface area (Å²) in [4.78, 5) is 16.1. The first-order valence-corrected chi connectivity index (χ1v) is 9.32. The largest absolute Gasteiger partial charge is 0.484 e. The van der Waals surface area contributed by atoms with Gasteiger partial charge >= 0.3 is 0 Å². The molecule has 7 heteroatoms. The Bertz CT molecular complexity index is 713. The molecule has 0 fully saturated rings. The summed E-state index contributed by atoms with van der Waals surface area (Å²) in [6, 6.07) is 11.7. The number of carbonyl (C=O) groups is 1. The van der Waals surface area contributed by atoms with E-state index in [4.69, 9.17) is 4.74 Å². The van der Waals surface area contributed by atoms with Crippen LogP contribution in [-0.4, -0.2) is 42.7 Å². The van der Waals surface area contributed by atoms with Crippen molar-refractivity contribution >= 4 is 11.9 Å². The van der Waals surface area contributed by atoms with Gasteiger partial charge in [0, 0.05) is 38.6 Å². The average Bonchev–Trinajstić information content (AvgIpc) is 3.18. The molecule has 1 amide bonds. The van der Waals surface area contributed by atoms with Gasteiger partial charge in [-0.3, -0.25) is 4.79 Å². The van der Waals surface area contributed by atoms with Gasteiger partial charge in [0.15, 0.2) is 12.6 Å². The van der Waals surface area contributed by atoms with E-state index in [2.05, 4.69) is 25.5 Å². The van der Waals surface area contributed by atoms with E-state index in [0.29, 0.717) is 18.8 Å². The van der Waals surface area contributed by atoms with Crippen LogP contribution in [0.2, 0.25) is 0 Å². The van der Waals surface area contributed by atoms with E-state index in [0.717, 1.165) is 31.2 Å². The Kier molecular flexibility index (Phi) is 8.76. The highest BCUT2D eigenvalue weighted by molar-refractivity contribution is 5.79. The second-order valence-corrected chi connectivity index (χ2v) is 5.93. The first kappa shape index (κ1) is 20.4. The second kappa shape index (κ2) is 11.6. The maximum Gasteiger partial charge on any atom is 0.257 e. The van der Waals surface area contributed by atoms with Gasteiger partial charge in [0.05, 0.1) is 6.54 Å². The quantitative estimate of drug-likeness (QED) is 0.439. The summed E-state index contributed by atoms with van der Waals surface area (Å²) in [5, 5.41) is 9.29. The van der Waals surface area contributed by atoms with Gasteiger partial charge in [-0.05, 0) is 43.7 Å². The molecule has 0 spiro atoms. The number of hydrogen-bond acceptors (Lipinski definition) is 3. The lowest BCUT2D eigenvalue weighted by molar-refractivity contribution is -0.122. The van der Waals surface area contributed by atoms with Crippen molar-refractivity contribution in [3.05, 3.63) is 54.4 Å². The van der Waals surface area contributed by atoms with Gasteiger partial charge in [-0.2, -0.15) is 0 Å². The summed E-state index contributed by atoms with van der Waals surface area (Å²) in [5.41, 5.74) is 1.02.